The summed E-state index contributed by atoms with van der Waals surface area (Å²) in [4.78, 5) is 12.2. The molecule has 0 saturated carbocycles. The number of aryl methyl sites for hydroxylation is 2. The van der Waals surface area contributed by atoms with Crippen LogP contribution in [0.3, 0.4) is 0 Å². The highest BCUT2D eigenvalue weighted by atomic mass is 16.5. The van der Waals surface area contributed by atoms with E-state index in [4.69, 9.17) is 4.74 Å². The molecule has 1 N–H and O–H groups in total. The number of amides is 1. The largest absolute Gasteiger partial charge is 0.494 e. The van der Waals surface area contributed by atoms with Gasteiger partial charge in [0.25, 0.3) is 0 Å². The molecule has 122 valence electrons. The van der Waals surface area contributed by atoms with Crippen LogP contribution in [0.5, 0.6) is 5.75 Å². The Kier molecular flexibility index (Phi) is 5.80. The highest BCUT2D eigenvalue weighted by molar-refractivity contribution is 5.79. The lowest BCUT2D eigenvalue weighted by molar-refractivity contribution is -0.121. The Morgan fingerprint density at radius 1 is 1.09 bits per heavy atom. The first kappa shape index (κ1) is 17.1. The van der Waals surface area contributed by atoms with Crippen LogP contribution in [0.4, 0.5) is 0 Å². The Balaban J connectivity index is 1.94. The van der Waals surface area contributed by atoms with Gasteiger partial charge in [0, 0.05) is 0 Å². The summed E-state index contributed by atoms with van der Waals surface area (Å²) in [7, 11) is 0. The lowest BCUT2D eigenvalue weighted by atomic mass is 10.0. The van der Waals surface area contributed by atoms with Gasteiger partial charge in [-0.05, 0) is 62.1 Å². The second kappa shape index (κ2) is 7.82. The van der Waals surface area contributed by atoms with Gasteiger partial charge in [0.15, 0.2) is 0 Å². The smallest absolute Gasteiger partial charge is 0.224 e. The summed E-state index contributed by atoms with van der Waals surface area (Å²) in [5.74, 6) is 0.888. The molecule has 0 fully saturated rings. The number of nitrogens with one attached hydrogen (secondary N) is 1. The monoisotopic (exact) mass is 311 g/mol. The van der Waals surface area contributed by atoms with Crippen molar-refractivity contribution in [2.45, 2.75) is 40.2 Å². The van der Waals surface area contributed by atoms with E-state index in [1.165, 1.54) is 11.1 Å². The number of carbonyl (C=O) groups is 1. The number of rotatable bonds is 6. The Morgan fingerprint density at radius 2 is 1.78 bits per heavy atom. The van der Waals surface area contributed by atoms with Crippen molar-refractivity contribution >= 4 is 5.91 Å². The minimum absolute atomic E-state index is 0.0234. The van der Waals surface area contributed by atoms with Crippen molar-refractivity contribution in [3.8, 4) is 5.75 Å². The van der Waals surface area contributed by atoms with Gasteiger partial charge in [-0.1, -0.05) is 30.3 Å². The fraction of sp³-hybridized carbons (Fsp3) is 0.350. The third-order valence-electron chi connectivity index (χ3n) is 4.00. The predicted octanol–water partition coefficient (Wildman–Crippen LogP) is 4.12. The molecule has 2 rings (SSSR count). The van der Waals surface area contributed by atoms with Crippen LogP contribution in [0.1, 0.15) is 42.1 Å². The standard InChI is InChI=1S/C20H25NO2/c1-5-23-19-10-8-18(9-11-19)16(4)21-20(22)13-17-7-6-14(2)15(3)12-17/h6-12,16H,5,13H2,1-4H3,(H,21,22). The van der Waals surface area contributed by atoms with Gasteiger partial charge in [0.1, 0.15) is 5.75 Å². The van der Waals surface area contributed by atoms with Crippen LogP contribution in [-0.4, -0.2) is 12.5 Å². The second-order valence-corrected chi connectivity index (χ2v) is 5.89. The molecule has 0 saturated heterocycles. The van der Waals surface area contributed by atoms with E-state index < -0.39 is 0 Å². The van der Waals surface area contributed by atoms with Crippen molar-refractivity contribution < 1.29 is 9.53 Å². The van der Waals surface area contributed by atoms with Gasteiger partial charge in [0.05, 0.1) is 19.1 Å². The van der Waals surface area contributed by atoms with Crippen LogP contribution in [0, 0.1) is 13.8 Å². The van der Waals surface area contributed by atoms with Gasteiger partial charge in [-0.3, -0.25) is 4.79 Å². The SMILES string of the molecule is CCOc1ccc(C(C)NC(=O)Cc2ccc(C)c(C)c2)cc1. The minimum atomic E-state index is -0.0234. The van der Waals surface area contributed by atoms with Gasteiger partial charge in [-0.15, -0.1) is 0 Å². The van der Waals surface area contributed by atoms with E-state index in [0.29, 0.717) is 13.0 Å². The lowest BCUT2D eigenvalue weighted by Gasteiger charge is -2.15. The Morgan fingerprint density at radius 3 is 2.39 bits per heavy atom. The topological polar surface area (TPSA) is 38.3 Å². The van der Waals surface area contributed by atoms with E-state index in [2.05, 4.69) is 31.3 Å². The average Bonchev–Trinajstić information content (AvgIpc) is 2.52. The number of ether oxygens (including phenoxy) is 1. The number of hydrogen-bond donors (Lipinski definition) is 1. The van der Waals surface area contributed by atoms with Gasteiger partial charge < -0.3 is 10.1 Å². The van der Waals surface area contributed by atoms with Crippen LogP contribution in [0.2, 0.25) is 0 Å². The van der Waals surface area contributed by atoms with Gasteiger partial charge in [-0.2, -0.15) is 0 Å². The summed E-state index contributed by atoms with van der Waals surface area (Å²) in [5, 5.41) is 3.05. The molecule has 3 heteroatoms. The molecule has 1 unspecified atom stereocenters. The molecule has 0 heterocycles. The summed E-state index contributed by atoms with van der Waals surface area (Å²) >= 11 is 0. The number of benzene rings is 2. The summed E-state index contributed by atoms with van der Waals surface area (Å²) in [6.07, 6.45) is 0.405. The van der Waals surface area contributed by atoms with E-state index in [-0.39, 0.29) is 11.9 Å². The zero-order chi connectivity index (χ0) is 16.8. The van der Waals surface area contributed by atoms with Crippen molar-refractivity contribution in [1.82, 2.24) is 5.32 Å². The number of carbonyl (C=O) groups excluding carboxylic acids is 1. The molecule has 1 atom stereocenters. The molecule has 0 radical (unpaired) electrons. The Hall–Kier alpha value is -2.29. The summed E-state index contributed by atoms with van der Waals surface area (Å²) in [6, 6.07) is 14.0. The van der Waals surface area contributed by atoms with E-state index in [1.54, 1.807) is 0 Å². The number of hydrogen-bond acceptors (Lipinski definition) is 2. The third-order valence-corrected chi connectivity index (χ3v) is 4.00. The molecular weight excluding hydrogens is 286 g/mol. The Bertz CT molecular complexity index is 662. The molecular formula is C20H25NO2. The summed E-state index contributed by atoms with van der Waals surface area (Å²) < 4.78 is 5.43. The average molecular weight is 311 g/mol. The molecule has 0 aliphatic carbocycles. The quantitative estimate of drug-likeness (QED) is 0.871. The van der Waals surface area contributed by atoms with Crippen LogP contribution < -0.4 is 10.1 Å². The molecule has 0 spiro atoms. The first-order valence-electron chi connectivity index (χ1n) is 8.08. The van der Waals surface area contributed by atoms with Crippen LogP contribution in [0.15, 0.2) is 42.5 Å². The minimum Gasteiger partial charge on any atom is -0.494 e. The zero-order valence-electron chi connectivity index (χ0n) is 14.3. The fourth-order valence-corrected chi connectivity index (χ4v) is 2.49. The highest BCUT2D eigenvalue weighted by Crippen LogP contribution is 2.18. The fourth-order valence-electron chi connectivity index (χ4n) is 2.49. The molecule has 2 aromatic rings. The molecule has 0 aliphatic rings. The van der Waals surface area contributed by atoms with Crippen LogP contribution >= 0.6 is 0 Å². The molecule has 0 aliphatic heterocycles. The molecule has 3 nitrogen and oxygen atoms in total. The van der Waals surface area contributed by atoms with Gasteiger partial charge in [0.2, 0.25) is 5.91 Å². The van der Waals surface area contributed by atoms with E-state index in [0.717, 1.165) is 16.9 Å². The maximum Gasteiger partial charge on any atom is 0.224 e. The summed E-state index contributed by atoms with van der Waals surface area (Å²) in [5.41, 5.74) is 4.58. The van der Waals surface area contributed by atoms with Crippen molar-refractivity contribution in [2.24, 2.45) is 0 Å². The summed E-state index contributed by atoms with van der Waals surface area (Å²) in [6.45, 7) is 8.76. The van der Waals surface area contributed by atoms with Crippen LogP contribution in [-0.2, 0) is 11.2 Å². The first-order chi connectivity index (χ1) is 11.0. The highest BCUT2D eigenvalue weighted by Gasteiger charge is 2.10. The second-order valence-electron chi connectivity index (χ2n) is 5.89. The van der Waals surface area contributed by atoms with Gasteiger partial charge >= 0.3 is 0 Å². The van der Waals surface area contributed by atoms with E-state index in [1.807, 2.05) is 44.2 Å². The van der Waals surface area contributed by atoms with Crippen molar-refractivity contribution in [3.63, 3.8) is 0 Å². The Labute approximate surface area is 138 Å². The molecule has 1 amide bonds. The maximum absolute atomic E-state index is 12.2. The maximum atomic E-state index is 12.2. The first-order valence-corrected chi connectivity index (χ1v) is 8.08. The van der Waals surface area contributed by atoms with E-state index >= 15 is 0 Å². The van der Waals surface area contributed by atoms with Gasteiger partial charge in [-0.25, -0.2) is 0 Å². The van der Waals surface area contributed by atoms with E-state index in [9.17, 15) is 4.79 Å². The molecule has 0 aromatic heterocycles. The normalized spacial score (nSPS) is 11.8. The molecule has 0 bridgehead atoms. The van der Waals surface area contributed by atoms with Crippen molar-refractivity contribution in [2.75, 3.05) is 6.61 Å². The predicted molar refractivity (Wildman–Crippen MR) is 93.8 cm³/mol. The lowest BCUT2D eigenvalue weighted by Crippen LogP contribution is -2.28. The zero-order valence-corrected chi connectivity index (χ0v) is 14.3. The van der Waals surface area contributed by atoms with Crippen molar-refractivity contribution in [3.05, 3.63) is 64.7 Å². The third kappa shape index (κ3) is 4.85. The van der Waals surface area contributed by atoms with Crippen LogP contribution in [0.25, 0.3) is 0 Å². The molecule has 2 aromatic carbocycles. The molecule has 23 heavy (non-hydrogen) atoms. The van der Waals surface area contributed by atoms with Crippen molar-refractivity contribution in [1.29, 1.82) is 0 Å².